The number of hydrogen-bond acceptors (Lipinski definition) is 3. The predicted molar refractivity (Wildman–Crippen MR) is 12.2 cm³/mol. The molecule has 0 aromatic carbocycles. The normalized spacial score (nSPS) is 9.25. The molecule has 0 saturated carbocycles. The topological polar surface area (TPSA) is 28.0 Å². The first-order valence-electron chi connectivity index (χ1n) is 1.05. The van der Waals surface area contributed by atoms with E-state index < -0.39 is 5.57 Å². The van der Waals surface area contributed by atoms with E-state index in [9.17, 15) is 22.4 Å². The molecule has 0 heterocycles. The van der Waals surface area contributed by atoms with Crippen LogP contribution in [0.3, 0.4) is 0 Å². The molecule has 0 saturated heterocycles. The van der Waals surface area contributed by atoms with Crippen molar-refractivity contribution in [3.05, 3.63) is 0 Å². The molecule has 0 aromatic rings. The van der Waals surface area contributed by atoms with Gasteiger partial charge in [0, 0.05) is 0 Å². The van der Waals surface area contributed by atoms with Gasteiger partial charge in [0.15, 0.2) is 5.57 Å². The molecule has 8 heteroatoms. The first kappa shape index (κ1) is 10.2. The van der Waals surface area contributed by atoms with Gasteiger partial charge in [0.2, 0.25) is 0 Å². The number of hydrogen-bond donors (Lipinski definition) is 0. The van der Waals surface area contributed by atoms with Crippen LogP contribution in [0.5, 0.6) is 0 Å². The quantitative estimate of drug-likeness (QED) is 0.285. The molecule has 8 heavy (non-hydrogen) atoms. The highest BCUT2D eigenvalue weighted by atomic mass is 19.5. The highest BCUT2D eigenvalue weighted by molar-refractivity contribution is 3.55. The average Bonchev–Trinajstić information content (AvgIpc) is 1.65. The van der Waals surface area contributed by atoms with Crippen LogP contribution in [-0.2, 0) is 0 Å². The van der Waals surface area contributed by atoms with E-state index in [-0.39, 0.29) is 0 Å². The zero-order valence-electron chi connectivity index (χ0n) is 3.23. The minimum absolute atomic E-state index is 1.19. The van der Waals surface area contributed by atoms with Crippen LogP contribution in [0.2, 0.25) is 0 Å². The van der Waals surface area contributed by atoms with Crippen LogP contribution in [-0.4, -0.2) is 5.57 Å². The third kappa shape index (κ3) is 2090. The summed E-state index contributed by atoms with van der Waals surface area (Å²) in [5.74, 6) is 0. The summed E-state index contributed by atoms with van der Waals surface area (Å²) in [7, 11) is 0. The maximum Gasteiger partial charge on any atom is 0.199 e. The molecule has 3 nitrogen and oxygen atoms in total. The van der Waals surface area contributed by atoms with Crippen LogP contribution in [0.1, 0.15) is 0 Å². The number of rotatable bonds is 0. The van der Waals surface area contributed by atoms with Gasteiger partial charge in [0.1, 0.15) is 0 Å². The van der Waals surface area contributed by atoms with E-state index in [0.29, 0.717) is 0 Å². The second-order valence-corrected chi connectivity index (χ2v) is 0.343. The third-order valence-electron chi connectivity index (χ3n) is 0.0286. The van der Waals surface area contributed by atoms with Gasteiger partial charge in [-0.3, -0.25) is 0 Å². The molecule has 0 radical (unpaired) electrons. The van der Waals surface area contributed by atoms with Crippen molar-refractivity contribution >= 4 is 0 Å². The molecule has 0 aliphatic heterocycles. The monoisotopic (exact) mass is 137 g/mol. The van der Waals surface area contributed by atoms with Crippen LogP contribution in [0.25, 0.3) is 0 Å². The maximum atomic E-state index is 9.81. The van der Waals surface area contributed by atoms with Crippen LogP contribution >= 0.6 is 0 Å². The minimum atomic E-state index is -2.50. The molecule has 0 amide bonds. The van der Waals surface area contributed by atoms with Crippen molar-refractivity contribution in [2.75, 3.05) is 0 Å². The van der Waals surface area contributed by atoms with E-state index in [2.05, 4.69) is 0 Å². The largest absolute Gasteiger partial charge is 0.199 e. The van der Waals surface area contributed by atoms with E-state index in [0.717, 1.165) is 0 Å². The lowest BCUT2D eigenvalue weighted by Crippen LogP contribution is -1.72. The Morgan fingerprint density at radius 1 is 0.875 bits per heavy atom. The van der Waals surface area contributed by atoms with Crippen LogP contribution in [0, 0.1) is 0 Å². The van der Waals surface area contributed by atoms with Crippen molar-refractivity contribution in [3.8, 4) is 0 Å². The van der Waals surface area contributed by atoms with Crippen molar-refractivity contribution in [2.24, 2.45) is 10.7 Å². The van der Waals surface area contributed by atoms with E-state index in [1.165, 1.54) is 10.7 Å². The van der Waals surface area contributed by atoms with Crippen molar-refractivity contribution in [1.29, 1.82) is 0 Å². The standard InChI is InChI=1S/F3N.F2N2/c1-4(2)3;1-3-4-2. The smallest absolute Gasteiger partial charge is 0.0662 e. The summed E-state index contributed by atoms with van der Waals surface area (Å²) < 4.78 is 48.1. The second kappa shape index (κ2) is 9.51. The molecular formula is F5N3. The van der Waals surface area contributed by atoms with Gasteiger partial charge in [-0.2, -0.15) is 0 Å². The Morgan fingerprint density at radius 2 is 1.00 bits per heavy atom. The van der Waals surface area contributed by atoms with Gasteiger partial charge in [-0.05, 0) is 0 Å². The third-order valence-corrected chi connectivity index (χ3v) is 0.0286. The number of nitrogens with zero attached hydrogens (tertiary/aromatic N) is 3. The van der Waals surface area contributed by atoms with E-state index in [1.807, 2.05) is 0 Å². The first-order chi connectivity index (χ1) is 3.65. The number of halogens is 5. The molecule has 0 aromatic heterocycles. The summed E-state index contributed by atoms with van der Waals surface area (Å²) in [6, 6.07) is 0. The SMILES string of the molecule is FN(F)F.FN=NF. The molecule has 0 atom stereocenters. The van der Waals surface area contributed by atoms with Crippen molar-refractivity contribution in [3.63, 3.8) is 0 Å². The Balaban J connectivity index is 0. The summed E-state index contributed by atoms with van der Waals surface area (Å²) in [6.07, 6.45) is 0. The van der Waals surface area contributed by atoms with Gasteiger partial charge in [-0.25, -0.2) is 0 Å². The van der Waals surface area contributed by atoms with Gasteiger partial charge in [-0.1, -0.05) is 22.4 Å². The van der Waals surface area contributed by atoms with Gasteiger partial charge < -0.3 is 0 Å². The fourth-order valence-electron chi connectivity index (χ4n) is 0. The molecular weight excluding hydrogens is 137 g/mol. The van der Waals surface area contributed by atoms with Crippen LogP contribution in [0.4, 0.5) is 22.4 Å². The molecule has 0 unspecified atom stereocenters. The molecule has 0 aliphatic carbocycles. The van der Waals surface area contributed by atoms with Gasteiger partial charge in [0.25, 0.3) is 0 Å². The lowest BCUT2D eigenvalue weighted by Gasteiger charge is -1.67. The Bertz CT molecular complexity index is 42.9. The Labute approximate surface area is 40.1 Å². The second-order valence-electron chi connectivity index (χ2n) is 0.343. The van der Waals surface area contributed by atoms with E-state index in [1.54, 1.807) is 0 Å². The average molecular weight is 137 g/mol. The molecule has 0 N–H and O–H groups in total. The van der Waals surface area contributed by atoms with Gasteiger partial charge in [-0.15, -0.1) is 0 Å². The van der Waals surface area contributed by atoms with E-state index in [4.69, 9.17) is 0 Å². The zero-order valence-corrected chi connectivity index (χ0v) is 3.23. The van der Waals surface area contributed by atoms with Gasteiger partial charge in [0.05, 0.1) is 10.7 Å². The Hall–Kier alpha value is -0.790. The highest BCUT2D eigenvalue weighted by Gasteiger charge is 1.80. The van der Waals surface area contributed by atoms with Crippen molar-refractivity contribution in [1.82, 2.24) is 5.57 Å². The van der Waals surface area contributed by atoms with Crippen molar-refractivity contribution in [2.45, 2.75) is 0 Å². The lowest BCUT2D eigenvalue weighted by molar-refractivity contribution is -0.295. The predicted octanol–water partition coefficient (Wildman–Crippen LogP) is 2.15. The Kier molecular flexibility index (Phi) is 12.2. The lowest BCUT2D eigenvalue weighted by atomic mass is 13.1. The summed E-state index contributed by atoms with van der Waals surface area (Å²) in [4.78, 5) is 0. The molecule has 0 bridgehead atoms. The maximum absolute atomic E-state index is 9.81. The van der Waals surface area contributed by atoms with Gasteiger partial charge >= 0.3 is 0 Å². The van der Waals surface area contributed by atoms with Crippen LogP contribution < -0.4 is 0 Å². The molecule has 0 fully saturated rings. The summed E-state index contributed by atoms with van der Waals surface area (Å²) >= 11 is 0. The molecule has 50 valence electrons. The Morgan fingerprint density at radius 3 is 1.00 bits per heavy atom. The fourth-order valence-corrected chi connectivity index (χ4v) is 0. The minimum Gasteiger partial charge on any atom is -0.0662 e. The fraction of sp³-hybridized carbons (Fsp3) is 0. The highest BCUT2D eigenvalue weighted by Crippen LogP contribution is 1.82. The summed E-state index contributed by atoms with van der Waals surface area (Å²) in [6.45, 7) is 0. The molecule has 0 rings (SSSR count). The zero-order chi connectivity index (χ0) is 6.99. The van der Waals surface area contributed by atoms with Crippen LogP contribution in [0.15, 0.2) is 10.7 Å². The first-order valence-corrected chi connectivity index (χ1v) is 1.05. The summed E-state index contributed by atoms with van der Waals surface area (Å²) in [5, 5.41) is 2.39. The molecule has 0 aliphatic rings. The molecule has 0 spiro atoms. The van der Waals surface area contributed by atoms with E-state index >= 15 is 0 Å². The van der Waals surface area contributed by atoms with Crippen molar-refractivity contribution < 1.29 is 22.4 Å². The summed E-state index contributed by atoms with van der Waals surface area (Å²) in [5.41, 5.74) is -2.50.